The number of fused-ring (bicyclic) bond motifs is 3. The number of nitrogens with zero attached hydrogens (tertiary/aromatic N) is 3. The smallest absolute Gasteiger partial charge is 0.314 e. The quantitative estimate of drug-likeness (QED) is 0.182. The third-order valence-corrected chi connectivity index (χ3v) is 7.68. The van der Waals surface area contributed by atoms with E-state index in [0.29, 0.717) is 18.2 Å². The van der Waals surface area contributed by atoms with Crippen LogP contribution < -0.4 is 14.8 Å². The number of rotatable bonds is 9. The van der Waals surface area contributed by atoms with Crippen molar-refractivity contribution in [2.45, 2.75) is 45.1 Å². The van der Waals surface area contributed by atoms with Crippen LogP contribution in [0.1, 0.15) is 37.6 Å². The Hall–Kier alpha value is -2.92. The van der Waals surface area contributed by atoms with E-state index in [2.05, 4.69) is 22.2 Å². The van der Waals surface area contributed by atoms with E-state index in [4.69, 9.17) is 9.47 Å². The lowest BCUT2D eigenvalue weighted by molar-refractivity contribution is -0.385. The van der Waals surface area contributed by atoms with Gasteiger partial charge in [-0.15, -0.1) is 11.3 Å². The van der Waals surface area contributed by atoms with Crippen LogP contribution in [0.25, 0.3) is 10.2 Å². The Morgan fingerprint density at radius 3 is 2.76 bits per heavy atom. The average Bonchev–Trinajstić information content (AvgIpc) is 3.17. The number of ether oxygens (including phenoxy) is 2. The Balaban J connectivity index is 1.54. The van der Waals surface area contributed by atoms with E-state index in [1.165, 1.54) is 34.3 Å². The summed E-state index contributed by atoms with van der Waals surface area (Å²) in [6, 6.07) is 2.72. The first-order valence-corrected chi connectivity index (χ1v) is 13.0. The monoisotopic (exact) mass is 502 g/mol. The molecule has 1 atom stereocenters. The molecule has 11 heteroatoms. The highest BCUT2D eigenvalue weighted by atomic mass is 32.2. The second kappa shape index (κ2) is 10.6. The number of hydrogen-bond acceptors (Lipinski definition) is 9. The number of aromatic nitrogens is 2. The van der Waals surface area contributed by atoms with Crippen molar-refractivity contribution >= 4 is 50.6 Å². The van der Waals surface area contributed by atoms with Crippen LogP contribution in [0.2, 0.25) is 0 Å². The van der Waals surface area contributed by atoms with Gasteiger partial charge in [0.1, 0.15) is 21.9 Å². The lowest BCUT2D eigenvalue weighted by Crippen LogP contribution is -2.15. The number of nitro benzene ring substituents is 1. The molecule has 34 heavy (non-hydrogen) atoms. The lowest BCUT2D eigenvalue weighted by Gasteiger charge is -2.18. The molecule has 0 fully saturated rings. The van der Waals surface area contributed by atoms with Gasteiger partial charge >= 0.3 is 5.69 Å². The van der Waals surface area contributed by atoms with Gasteiger partial charge in [-0.2, -0.15) is 0 Å². The number of amides is 1. The van der Waals surface area contributed by atoms with Gasteiger partial charge in [0.15, 0.2) is 5.75 Å². The van der Waals surface area contributed by atoms with E-state index in [0.717, 1.165) is 34.5 Å². The minimum atomic E-state index is -0.530. The van der Waals surface area contributed by atoms with Crippen LogP contribution >= 0.6 is 23.1 Å². The standard InChI is InChI=1S/C23H26N4O5S2/c1-4-31-17-10-16(27(29)30)18(32-5-2)9-15(17)26-20(28)11-33-22-21-14-7-6-13(3)8-19(14)34-23(21)25-12-24-22/h9-10,12-13H,4-8,11H2,1-3H3,(H,26,28). The molecule has 1 aromatic carbocycles. The van der Waals surface area contributed by atoms with Gasteiger partial charge in [0, 0.05) is 16.3 Å². The van der Waals surface area contributed by atoms with Crippen molar-refractivity contribution in [1.29, 1.82) is 0 Å². The molecule has 9 nitrogen and oxygen atoms in total. The van der Waals surface area contributed by atoms with E-state index in [1.54, 1.807) is 31.5 Å². The largest absolute Gasteiger partial charge is 0.491 e. The molecule has 4 rings (SSSR count). The molecule has 2 heterocycles. The minimum absolute atomic E-state index is 0.0792. The summed E-state index contributed by atoms with van der Waals surface area (Å²) in [6.07, 6.45) is 4.75. The Labute approximate surface area is 205 Å². The van der Waals surface area contributed by atoms with Crippen molar-refractivity contribution in [2.75, 3.05) is 24.3 Å². The second-order valence-electron chi connectivity index (χ2n) is 7.99. The summed E-state index contributed by atoms with van der Waals surface area (Å²) in [6.45, 7) is 6.33. The Morgan fingerprint density at radius 2 is 2.03 bits per heavy atom. The predicted molar refractivity (Wildman–Crippen MR) is 133 cm³/mol. The molecule has 0 saturated heterocycles. The molecule has 0 saturated carbocycles. The summed E-state index contributed by atoms with van der Waals surface area (Å²) in [4.78, 5) is 35.0. The zero-order valence-electron chi connectivity index (χ0n) is 19.3. The maximum absolute atomic E-state index is 12.8. The second-order valence-corrected chi connectivity index (χ2v) is 10.0. The molecular formula is C23H26N4O5S2. The van der Waals surface area contributed by atoms with Crippen LogP contribution in [0.4, 0.5) is 11.4 Å². The number of aryl methyl sites for hydroxylation is 1. The maximum atomic E-state index is 12.8. The molecule has 1 unspecified atom stereocenters. The molecule has 1 aliphatic carbocycles. The number of thiophene rings is 1. The van der Waals surface area contributed by atoms with Gasteiger partial charge in [0.25, 0.3) is 0 Å². The number of anilines is 1. The summed E-state index contributed by atoms with van der Waals surface area (Å²) in [5.41, 5.74) is 1.44. The summed E-state index contributed by atoms with van der Waals surface area (Å²) >= 11 is 3.08. The Kier molecular flexibility index (Phi) is 7.52. The van der Waals surface area contributed by atoms with Crippen molar-refractivity contribution in [2.24, 2.45) is 5.92 Å². The van der Waals surface area contributed by atoms with Crippen LogP contribution in [0, 0.1) is 16.0 Å². The van der Waals surface area contributed by atoms with Crippen LogP contribution in [0.3, 0.4) is 0 Å². The summed E-state index contributed by atoms with van der Waals surface area (Å²) in [5.74, 6) is 0.821. The number of carbonyl (C=O) groups excluding carboxylic acids is 1. The molecule has 0 bridgehead atoms. The summed E-state index contributed by atoms with van der Waals surface area (Å²) in [5, 5.41) is 16.1. The number of nitro groups is 1. The fourth-order valence-corrected chi connectivity index (χ4v) is 6.25. The van der Waals surface area contributed by atoms with Gasteiger partial charge in [-0.3, -0.25) is 14.9 Å². The topological polar surface area (TPSA) is 116 Å². The minimum Gasteiger partial charge on any atom is -0.491 e. The van der Waals surface area contributed by atoms with Gasteiger partial charge in [-0.1, -0.05) is 18.7 Å². The van der Waals surface area contributed by atoms with Gasteiger partial charge in [0.2, 0.25) is 5.91 Å². The van der Waals surface area contributed by atoms with Gasteiger partial charge in [0.05, 0.1) is 35.6 Å². The van der Waals surface area contributed by atoms with E-state index >= 15 is 0 Å². The summed E-state index contributed by atoms with van der Waals surface area (Å²) in [7, 11) is 0. The SMILES string of the molecule is CCOc1cc([N+](=O)[O-])c(OCC)cc1NC(=O)CSc1ncnc2sc3c(c12)CCC(C)C3. The fraction of sp³-hybridized carbons (Fsp3) is 0.435. The third kappa shape index (κ3) is 5.10. The molecule has 180 valence electrons. The molecule has 2 aromatic heterocycles. The Morgan fingerprint density at radius 1 is 1.26 bits per heavy atom. The number of thioether (sulfide) groups is 1. The van der Waals surface area contributed by atoms with Crippen LogP contribution in [0.15, 0.2) is 23.5 Å². The van der Waals surface area contributed by atoms with E-state index in [-0.39, 0.29) is 35.5 Å². The Bertz CT molecular complexity index is 1230. The van der Waals surface area contributed by atoms with Crippen molar-refractivity contribution in [1.82, 2.24) is 9.97 Å². The molecule has 1 N–H and O–H groups in total. The first kappa shape index (κ1) is 24.2. The molecule has 0 spiro atoms. The highest BCUT2D eigenvalue weighted by Gasteiger charge is 2.24. The molecule has 0 radical (unpaired) electrons. The van der Waals surface area contributed by atoms with Crippen LogP contribution in [0.5, 0.6) is 11.5 Å². The first-order chi connectivity index (χ1) is 16.4. The van der Waals surface area contributed by atoms with Gasteiger partial charge < -0.3 is 14.8 Å². The normalized spacial score (nSPS) is 15.1. The molecular weight excluding hydrogens is 476 g/mol. The van der Waals surface area contributed by atoms with Crippen LogP contribution in [-0.4, -0.2) is 39.8 Å². The summed E-state index contributed by atoms with van der Waals surface area (Å²) < 4.78 is 11.0. The van der Waals surface area contributed by atoms with Crippen molar-refractivity contribution < 1.29 is 19.2 Å². The molecule has 1 amide bonds. The number of nitrogens with one attached hydrogen (secondary N) is 1. The van der Waals surface area contributed by atoms with E-state index < -0.39 is 4.92 Å². The lowest BCUT2D eigenvalue weighted by atomic mass is 9.89. The van der Waals surface area contributed by atoms with Gasteiger partial charge in [-0.25, -0.2) is 9.97 Å². The molecule has 1 aliphatic rings. The first-order valence-electron chi connectivity index (χ1n) is 11.2. The van der Waals surface area contributed by atoms with Crippen molar-refractivity contribution in [3.8, 4) is 11.5 Å². The fourth-order valence-electron chi connectivity index (χ4n) is 4.01. The number of benzene rings is 1. The zero-order chi connectivity index (χ0) is 24.2. The molecule has 0 aliphatic heterocycles. The molecule has 3 aromatic rings. The highest BCUT2D eigenvalue weighted by molar-refractivity contribution is 8.00. The van der Waals surface area contributed by atoms with Crippen LogP contribution in [-0.2, 0) is 17.6 Å². The number of carbonyl (C=O) groups is 1. The van der Waals surface area contributed by atoms with E-state index in [9.17, 15) is 14.9 Å². The maximum Gasteiger partial charge on any atom is 0.314 e. The number of hydrogen-bond donors (Lipinski definition) is 1. The van der Waals surface area contributed by atoms with Crippen molar-refractivity contribution in [3.05, 3.63) is 39.0 Å². The average molecular weight is 503 g/mol. The van der Waals surface area contributed by atoms with Gasteiger partial charge in [-0.05, 0) is 44.6 Å². The third-order valence-electron chi connectivity index (χ3n) is 5.53. The highest BCUT2D eigenvalue weighted by Crippen LogP contribution is 2.41. The predicted octanol–water partition coefficient (Wildman–Crippen LogP) is 5.25. The zero-order valence-corrected chi connectivity index (χ0v) is 20.9. The van der Waals surface area contributed by atoms with Crippen molar-refractivity contribution in [3.63, 3.8) is 0 Å². The van der Waals surface area contributed by atoms with E-state index in [1.807, 2.05) is 0 Å².